The van der Waals surface area contributed by atoms with E-state index in [1.807, 2.05) is 0 Å². The third-order valence-corrected chi connectivity index (χ3v) is 5.49. The molecular formula is C16H21N3O. The second-order valence-electron chi connectivity index (χ2n) is 6.63. The molecule has 2 aliphatic rings. The van der Waals surface area contributed by atoms with Crippen molar-refractivity contribution in [3.05, 3.63) is 30.1 Å². The van der Waals surface area contributed by atoms with E-state index in [1.165, 1.54) is 12.1 Å². The second kappa shape index (κ2) is 4.69. The molecule has 2 aliphatic carbocycles. The normalized spacial score (nSPS) is 32.5. The highest BCUT2D eigenvalue weighted by molar-refractivity contribution is 5.96. The molecule has 0 aromatic carbocycles. The molecule has 1 heterocycles. The molecule has 0 spiro atoms. The average Bonchev–Trinajstić information content (AvgIpc) is 2.97. The summed E-state index contributed by atoms with van der Waals surface area (Å²) in [5.41, 5.74) is 4.87. The predicted octanol–water partition coefficient (Wildman–Crippen LogP) is 2.87. The van der Waals surface area contributed by atoms with E-state index < -0.39 is 0 Å². The molecule has 2 bridgehead atoms. The van der Waals surface area contributed by atoms with Gasteiger partial charge in [0, 0.05) is 29.6 Å². The van der Waals surface area contributed by atoms with E-state index in [0.717, 1.165) is 6.42 Å². The number of hydrogen-bond acceptors (Lipinski definition) is 3. The smallest absolute Gasteiger partial charge is 0.267 e. The molecule has 3 unspecified atom stereocenters. The highest BCUT2D eigenvalue weighted by atomic mass is 16.2. The zero-order valence-corrected chi connectivity index (χ0v) is 12.3. The van der Waals surface area contributed by atoms with Crippen molar-refractivity contribution < 1.29 is 4.79 Å². The highest BCUT2D eigenvalue weighted by Crippen LogP contribution is 2.57. The molecule has 1 amide bonds. The fraction of sp³-hybridized carbons (Fsp3) is 0.562. The summed E-state index contributed by atoms with van der Waals surface area (Å²) in [5, 5.41) is 4.39. The molecule has 1 aromatic rings. The number of amides is 1. The van der Waals surface area contributed by atoms with Crippen molar-refractivity contribution in [2.24, 2.45) is 28.3 Å². The predicted molar refractivity (Wildman–Crippen MR) is 78.3 cm³/mol. The number of carbonyl (C=O) groups is 1. The van der Waals surface area contributed by atoms with Crippen molar-refractivity contribution in [3.63, 3.8) is 0 Å². The van der Waals surface area contributed by atoms with Crippen LogP contribution in [-0.4, -0.2) is 16.6 Å². The Kier molecular flexibility index (Phi) is 3.11. The van der Waals surface area contributed by atoms with Crippen LogP contribution in [0.2, 0.25) is 0 Å². The number of fused-ring (bicyclic) bond motifs is 2. The third kappa shape index (κ3) is 2.03. The number of carbonyl (C=O) groups excluding carboxylic acids is 1. The highest BCUT2D eigenvalue weighted by Gasteiger charge is 2.53. The first-order chi connectivity index (χ1) is 9.50. The van der Waals surface area contributed by atoms with Crippen LogP contribution in [0.15, 0.2) is 29.6 Å². The molecule has 1 aromatic heterocycles. The van der Waals surface area contributed by atoms with Crippen LogP contribution in [0.1, 0.15) is 44.0 Å². The molecule has 2 fully saturated rings. The van der Waals surface area contributed by atoms with Gasteiger partial charge in [0.15, 0.2) is 0 Å². The monoisotopic (exact) mass is 271 g/mol. The lowest BCUT2D eigenvalue weighted by molar-refractivity contribution is 0.0954. The van der Waals surface area contributed by atoms with Crippen molar-refractivity contribution in [1.82, 2.24) is 10.4 Å². The Morgan fingerprint density at radius 1 is 1.40 bits per heavy atom. The van der Waals surface area contributed by atoms with Gasteiger partial charge in [-0.1, -0.05) is 20.8 Å². The van der Waals surface area contributed by atoms with Gasteiger partial charge in [-0.25, -0.2) is 5.43 Å². The molecule has 2 saturated carbocycles. The maximum absolute atomic E-state index is 12.0. The minimum atomic E-state index is -0.158. The second-order valence-corrected chi connectivity index (χ2v) is 6.63. The molecule has 3 atom stereocenters. The number of hydrazone groups is 1. The Labute approximate surface area is 119 Å². The van der Waals surface area contributed by atoms with E-state index in [-0.39, 0.29) is 5.91 Å². The van der Waals surface area contributed by atoms with Crippen LogP contribution in [0.5, 0.6) is 0 Å². The molecule has 4 heteroatoms. The van der Waals surface area contributed by atoms with E-state index in [1.54, 1.807) is 24.5 Å². The van der Waals surface area contributed by atoms with Gasteiger partial charge in [-0.05, 0) is 42.2 Å². The number of nitrogens with zero attached hydrogens (tertiary/aromatic N) is 2. The van der Waals surface area contributed by atoms with E-state index in [2.05, 4.69) is 36.3 Å². The fourth-order valence-corrected chi connectivity index (χ4v) is 3.70. The largest absolute Gasteiger partial charge is 0.271 e. The van der Waals surface area contributed by atoms with Crippen LogP contribution in [0.4, 0.5) is 0 Å². The maximum atomic E-state index is 12.0. The molecular weight excluding hydrogens is 250 g/mol. The third-order valence-electron chi connectivity index (χ3n) is 5.49. The average molecular weight is 271 g/mol. The van der Waals surface area contributed by atoms with Gasteiger partial charge in [-0.2, -0.15) is 5.10 Å². The Morgan fingerprint density at radius 3 is 2.70 bits per heavy atom. The molecule has 1 N–H and O–H groups in total. The summed E-state index contributed by atoms with van der Waals surface area (Å²) in [7, 11) is 0. The SMILES string of the molecule is CC1C2CC(CC2=NNC(=O)c2ccncc2)C1(C)C. The summed E-state index contributed by atoms with van der Waals surface area (Å²) in [6, 6.07) is 3.39. The van der Waals surface area contributed by atoms with Gasteiger partial charge in [0.05, 0.1) is 0 Å². The van der Waals surface area contributed by atoms with Crippen molar-refractivity contribution in [1.29, 1.82) is 0 Å². The van der Waals surface area contributed by atoms with Crippen LogP contribution in [0, 0.1) is 23.2 Å². The number of nitrogens with one attached hydrogen (secondary N) is 1. The Bertz CT molecular complexity index is 546. The number of aromatic nitrogens is 1. The van der Waals surface area contributed by atoms with Gasteiger partial charge in [0.25, 0.3) is 5.91 Å². The van der Waals surface area contributed by atoms with E-state index >= 15 is 0 Å². The van der Waals surface area contributed by atoms with Crippen molar-refractivity contribution in [2.45, 2.75) is 33.6 Å². The molecule has 0 radical (unpaired) electrons. The molecule has 0 aliphatic heterocycles. The van der Waals surface area contributed by atoms with Gasteiger partial charge in [0.1, 0.15) is 0 Å². The number of rotatable bonds is 2. The Balaban J connectivity index is 1.69. The summed E-state index contributed by atoms with van der Waals surface area (Å²) in [5.74, 6) is 1.72. The van der Waals surface area contributed by atoms with E-state index in [0.29, 0.717) is 28.7 Å². The summed E-state index contributed by atoms with van der Waals surface area (Å²) in [4.78, 5) is 15.9. The standard InChI is InChI=1S/C16H21N3O/c1-10-13-8-12(16(10,2)3)9-14(13)18-19-15(20)11-4-6-17-7-5-11/h4-7,10,12-13H,8-9H2,1-3H3,(H,19,20). The number of hydrogen-bond donors (Lipinski definition) is 1. The van der Waals surface area contributed by atoms with Gasteiger partial charge in [-0.15, -0.1) is 0 Å². The van der Waals surface area contributed by atoms with Gasteiger partial charge < -0.3 is 0 Å². The molecule has 0 saturated heterocycles. The van der Waals surface area contributed by atoms with E-state index in [4.69, 9.17) is 0 Å². The summed E-state index contributed by atoms with van der Waals surface area (Å²) < 4.78 is 0. The molecule has 20 heavy (non-hydrogen) atoms. The van der Waals surface area contributed by atoms with Gasteiger partial charge in [0.2, 0.25) is 0 Å². The Hall–Kier alpha value is -1.71. The zero-order valence-electron chi connectivity index (χ0n) is 12.3. The topological polar surface area (TPSA) is 54.4 Å². The van der Waals surface area contributed by atoms with Crippen LogP contribution >= 0.6 is 0 Å². The maximum Gasteiger partial charge on any atom is 0.271 e. The van der Waals surface area contributed by atoms with Gasteiger partial charge in [-0.3, -0.25) is 9.78 Å². The molecule has 106 valence electrons. The first kappa shape index (κ1) is 13.3. The molecule has 4 nitrogen and oxygen atoms in total. The quantitative estimate of drug-likeness (QED) is 0.841. The van der Waals surface area contributed by atoms with Crippen LogP contribution in [-0.2, 0) is 0 Å². The van der Waals surface area contributed by atoms with Crippen molar-refractivity contribution in [3.8, 4) is 0 Å². The summed E-state index contributed by atoms with van der Waals surface area (Å²) in [6.45, 7) is 7.02. The zero-order chi connectivity index (χ0) is 14.3. The van der Waals surface area contributed by atoms with Crippen LogP contribution in [0.3, 0.4) is 0 Å². The Morgan fingerprint density at radius 2 is 2.10 bits per heavy atom. The van der Waals surface area contributed by atoms with Crippen molar-refractivity contribution in [2.75, 3.05) is 0 Å². The lowest BCUT2D eigenvalue weighted by Gasteiger charge is -2.36. The minimum Gasteiger partial charge on any atom is -0.267 e. The first-order valence-corrected chi connectivity index (χ1v) is 7.27. The van der Waals surface area contributed by atoms with Crippen molar-refractivity contribution >= 4 is 11.6 Å². The fourth-order valence-electron chi connectivity index (χ4n) is 3.70. The molecule has 3 rings (SSSR count). The van der Waals surface area contributed by atoms with Gasteiger partial charge >= 0.3 is 0 Å². The lowest BCUT2D eigenvalue weighted by atomic mass is 9.69. The summed E-state index contributed by atoms with van der Waals surface area (Å²) in [6.07, 6.45) is 5.48. The minimum absolute atomic E-state index is 0.158. The van der Waals surface area contributed by atoms with Crippen LogP contribution in [0.25, 0.3) is 0 Å². The lowest BCUT2D eigenvalue weighted by Crippen LogP contribution is -2.34. The summed E-state index contributed by atoms with van der Waals surface area (Å²) >= 11 is 0. The van der Waals surface area contributed by atoms with E-state index in [9.17, 15) is 4.79 Å². The number of pyridine rings is 1. The van der Waals surface area contributed by atoms with Crippen LogP contribution < -0.4 is 5.43 Å². The first-order valence-electron chi connectivity index (χ1n) is 7.27.